The minimum absolute atomic E-state index is 0.228. The number of amides is 1. The third kappa shape index (κ3) is 2.50. The molecular formula is C15H20FN3O. The number of rotatable bonds is 3. The summed E-state index contributed by atoms with van der Waals surface area (Å²) >= 11 is 0. The van der Waals surface area contributed by atoms with Gasteiger partial charge in [0, 0.05) is 17.3 Å². The second-order valence-electron chi connectivity index (χ2n) is 5.95. The molecule has 4 nitrogen and oxygen atoms in total. The topological polar surface area (TPSA) is 67.2 Å². The van der Waals surface area contributed by atoms with Crippen molar-refractivity contribution in [3.05, 3.63) is 29.6 Å². The molecule has 1 atom stereocenters. The average Bonchev–Trinajstić information content (AvgIpc) is 2.39. The van der Waals surface area contributed by atoms with Crippen LogP contribution in [0, 0.1) is 5.82 Å². The number of nitrogens with one attached hydrogen (secondary N) is 2. The molecular weight excluding hydrogens is 257 g/mol. The Balaban J connectivity index is 1.75. The van der Waals surface area contributed by atoms with E-state index in [-0.39, 0.29) is 11.1 Å². The number of nitrogens with two attached hydrogens (primary N) is 1. The molecule has 1 amide bonds. The van der Waals surface area contributed by atoms with Gasteiger partial charge in [0.25, 0.3) is 5.91 Å². The third-order valence-corrected chi connectivity index (χ3v) is 4.55. The van der Waals surface area contributed by atoms with Crippen molar-refractivity contribution in [1.29, 1.82) is 0 Å². The summed E-state index contributed by atoms with van der Waals surface area (Å²) in [6.07, 6.45) is 5.76. The number of benzene rings is 1. The Morgan fingerprint density at radius 3 is 2.90 bits per heavy atom. The maximum Gasteiger partial charge on any atom is 0.250 e. The highest BCUT2D eigenvalue weighted by atomic mass is 19.1. The van der Waals surface area contributed by atoms with E-state index in [9.17, 15) is 9.18 Å². The maximum atomic E-state index is 13.2. The SMILES string of the molecule is NC(=O)c1cc(F)ccc1NC1CCNC2(CCC2)C1. The van der Waals surface area contributed by atoms with Crippen LogP contribution in [-0.2, 0) is 0 Å². The van der Waals surface area contributed by atoms with Crippen LogP contribution >= 0.6 is 0 Å². The molecule has 1 aromatic carbocycles. The Bertz CT molecular complexity index is 528. The molecule has 5 heteroatoms. The van der Waals surface area contributed by atoms with Crippen molar-refractivity contribution in [2.75, 3.05) is 11.9 Å². The standard InChI is InChI=1S/C15H20FN3O/c16-10-2-3-13(12(8-10)14(17)20)19-11-4-7-18-15(9-11)5-1-6-15/h2-3,8,11,18-19H,1,4-7,9H2,(H2,17,20). The van der Waals surface area contributed by atoms with Gasteiger partial charge in [-0.2, -0.15) is 0 Å². The van der Waals surface area contributed by atoms with Gasteiger partial charge in [-0.05, 0) is 56.8 Å². The first kappa shape index (κ1) is 13.4. The zero-order chi connectivity index (χ0) is 14.2. The molecule has 0 aromatic heterocycles. The molecule has 1 heterocycles. The molecule has 20 heavy (non-hydrogen) atoms. The predicted molar refractivity (Wildman–Crippen MR) is 76.1 cm³/mol. The molecule has 1 saturated heterocycles. The van der Waals surface area contributed by atoms with E-state index in [0.717, 1.165) is 19.4 Å². The lowest BCUT2D eigenvalue weighted by atomic mass is 9.70. The molecule has 0 radical (unpaired) electrons. The van der Waals surface area contributed by atoms with Crippen molar-refractivity contribution in [1.82, 2.24) is 5.32 Å². The number of anilines is 1. The number of hydrogen-bond donors (Lipinski definition) is 3. The van der Waals surface area contributed by atoms with Gasteiger partial charge in [0.15, 0.2) is 0 Å². The molecule has 1 spiro atoms. The lowest BCUT2D eigenvalue weighted by molar-refractivity contribution is 0.100. The Morgan fingerprint density at radius 2 is 2.25 bits per heavy atom. The van der Waals surface area contributed by atoms with Crippen LogP contribution in [-0.4, -0.2) is 24.0 Å². The van der Waals surface area contributed by atoms with Gasteiger partial charge in [0.1, 0.15) is 5.82 Å². The number of carbonyl (C=O) groups is 1. The Morgan fingerprint density at radius 1 is 1.45 bits per heavy atom. The first-order chi connectivity index (χ1) is 9.58. The molecule has 108 valence electrons. The van der Waals surface area contributed by atoms with E-state index in [4.69, 9.17) is 5.73 Å². The van der Waals surface area contributed by atoms with Crippen LogP contribution in [0.15, 0.2) is 18.2 Å². The van der Waals surface area contributed by atoms with E-state index in [1.807, 2.05) is 0 Å². The van der Waals surface area contributed by atoms with Gasteiger partial charge in [0.2, 0.25) is 0 Å². The highest BCUT2D eigenvalue weighted by molar-refractivity contribution is 5.98. The molecule has 4 N–H and O–H groups in total. The summed E-state index contributed by atoms with van der Waals surface area (Å²) in [5.41, 5.74) is 6.47. The summed E-state index contributed by atoms with van der Waals surface area (Å²) in [7, 11) is 0. The van der Waals surface area contributed by atoms with Crippen molar-refractivity contribution < 1.29 is 9.18 Å². The van der Waals surface area contributed by atoms with Crippen molar-refractivity contribution >= 4 is 11.6 Å². The van der Waals surface area contributed by atoms with Gasteiger partial charge in [-0.25, -0.2) is 4.39 Å². The predicted octanol–water partition coefficient (Wildman–Crippen LogP) is 2.01. The van der Waals surface area contributed by atoms with Crippen molar-refractivity contribution in [3.63, 3.8) is 0 Å². The number of piperidine rings is 1. The summed E-state index contributed by atoms with van der Waals surface area (Å²) in [5.74, 6) is -1.04. The second kappa shape index (κ2) is 5.05. The second-order valence-corrected chi connectivity index (χ2v) is 5.95. The van der Waals surface area contributed by atoms with Crippen LogP contribution in [0.5, 0.6) is 0 Å². The highest BCUT2D eigenvalue weighted by Gasteiger charge is 2.40. The van der Waals surface area contributed by atoms with E-state index in [0.29, 0.717) is 11.7 Å². The van der Waals surface area contributed by atoms with E-state index in [1.54, 1.807) is 6.07 Å². The zero-order valence-electron chi connectivity index (χ0n) is 11.4. The van der Waals surface area contributed by atoms with Gasteiger partial charge in [-0.1, -0.05) is 0 Å². The quantitative estimate of drug-likeness (QED) is 0.791. The largest absolute Gasteiger partial charge is 0.382 e. The van der Waals surface area contributed by atoms with Gasteiger partial charge in [0.05, 0.1) is 5.56 Å². The smallest absolute Gasteiger partial charge is 0.250 e. The third-order valence-electron chi connectivity index (χ3n) is 4.55. The Labute approximate surface area is 117 Å². The highest BCUT2D eigenvalue weighted by Crippen LogP contribution is 2.39. The first-order valence-electron chi connectivity index (χ1n) is 7.19. The van der Waals surface area contributed by atoms with E-state index in [1.165, 1.54) is 31.4 Å². The molecule has 3 rings (SSSR count). The van der Waals surface area contributed by atoms with Crippen LogP contribution in [0.3, 0.4) is 0 Å². The number of primary amides is 1. The van der Waals surface area contributed by atoms with Gasteiger partial charge < -0.3 is 16.4 Å². The minimum atomic E-state index is -0.598. The monoisotopic (exact) mass is 277 g/mol. The molecule has 2 fully saturated rings. The molecule has 1 aromatic rings. The Kier molecular flexibility index (Phi) is 3.38. The van der Waals surface area contributed by atoms with Crippen molar-refractivity contribution in [3.8, 4) is 0 Å². The van der Waals surface area contributed by atoms with E-state index >= 15 is 0 Å². The molecule has 1 saturated carbocycles. The van der Waals surface area contributed by atoms with Crippen LogP contribution in [0.1, 0.15) is 42.5 Å². The molecule has 1 aliphatic heterocycles. The molecule has 1 aliphatic carbocycles. The molecule has 0 bridgehead atoms. The van der Waals surface area contributed by atoms with Gasteiger partial charge in [-0.3, -0.25) is 4.79 Å². The molecule has 2 aliphatic rings. The van der Waals surface area contributed by atoms with Crippen LogP contribution in [0.25, 0.3) is 0 Å². The molecule has 1 unspecified atom stereocenters. The van der Waals surface area contributed by atoms with Crippen LogP contribution < -0.4 is 16.4 Å². The fourth-order valence-corrected chi connectivity index (χ4v) is 3.33. The zero-order valence-corrected chi connectivity index (χ0v) is 11.4. The van der Waals surface area contributed by atoms with Gasteiger partial charge >= 0.3 is 0 Å². The number of carbonyl (C=O) groups excluding carboxylic acids is 1. The summed E-state index contributed by atoms with van der Waals surface area (Å²) in [5, 5.41) is 6.98. The number of halogens is 1. The summed E-state index contributed by atoms with van der Waals surface area (Å²) in [6.45, 7) is 0.977. The van der Waals surface area contributed by atoms with Crippen molar-refractivity contribution in [2.45, 2.75) is 43.7 Å². The maximum absolute atomic E-state index is 13.2. The normalized spacial score (nSPS) is 24.1. The summed E-state index contributed by atoms with van der Waals surface area (Å²) in [4.78, 5) is 11.4. The summed E-state index contributed by atoms with van der Waals surface area (Å²) < 4.78 is 13.2. The van der Waals surface area contributed by atoms with E-state index in [2.05, 4.69) is 10.6 Å². The fraction of sp³-hybridized carbons (Fsp3) is 0.533. The van der Waals surface area contributed by atoms with Crippen molar-refractivity contribution in [2.24, 2.45) is 5.73 Å². The fourth-order valence-electron chi connectivity index (χ4n) is 3.33. The van der Waals surface area contributed by atoms with Gasteiger partial charge in [-0.15, -0.1) is 0 Å². The van der Waals surface area contributed by atoms with Crippen LogP contribution in [0.2, 0.25) is 0 Å². The first-order valence-corrected chi connectivity index (χ1v) is 7.19. The van der Waals surface area contributed by atoms with Crippen LogP contribution in [0.4, 0.5) is 10.1 Å². The lowest BCUT2D eigenvalue weighted by Gasteiger charge is -2.48. The number of hydrogen-bond acceptors (Lipinski definition) is 3. The lowest BCUT2D eigenvalue weighted by Crippen LogP contribution is -2.58. The summed E-state index contributed by atoms with van der Waals surface area (Å²) in [6, 6.07) is 4.46. The average molecular weight is 277 g/mol. The minimum Gasteiger partial charge on any atom is -0.382 e. The Hall–Kier alpha value is -1.62. The van der Waals surface area contributed by atoms with E-state index < -0.39 is 11.7 Å².